The van der Waals surface area contributed by atoms with Crippen molar-refractivity contribution < 1.29 is 22.6 Å². The van der Waals surface area contributed by atoms with Gasteiger partial charge in [-0.1, -0.05) is 0 Å². The Morgan fingerprint density at radius 3 is 2.62 bits per heavy atom. The van der Waals surface area contributed by atoms with Crippen LogP contribution in [0, 0.1) is 0 Å². The van der Waals surface area contributed by atoms with E-state index in [1.165, 1.54) is 0 Å². The Kier molecular flexibility index (Phi) is 5.51. The van der Waals surface area contributed by atoms with Gasteiger partial charge in [-0.3, -0.25) is 0 Å². The molecule has 0 spiro atoms. The van der Waals surface area contributed by atoms with Crippen LogP contribution in [0.2, 0.25) is 0 Å². The van der Waals surface area contributed by atoms with Gasteiger partial charge < -0.3 is 14.8 Å². The summed E-state index contributed by atoms with van der Waals surface area (Å²) >= 11 is 0. The summed E-state index contributed by atoms with van der Waals surface area (Å²) in [7, 11) is 1.73. The van der Waals surface area contributed by atoms with Gasteiger partial charge in [0.25, 0.3) is 0 Å². The molecule has 96 valence electrons. The molecule has 1 heterocycles. The van der Waals surface area contributed by atoms with Crippen LogP contribution < -0.4 is 5.32 Å². The molecule has 0 aromatic rings. The van der Waals surface area contributed by atoms with E-state index in [9.17, 15) is 13.2 Å². The molecule has 0 aliphatic carbocycles. The number of ether oxygens (including phenoxy) is 2. The van der Waals surface area contributed by atoms with Gasteiger partial charge in [-0.15, -0.1) is 0 Å². The SMILES string of the molecule is CNC(CCCC(F)(F)F)C1COCCO1. The van der Waals surface area contributed by atoms with Crippen LogP contribution in [0.15, 0.2) is 0 Å². The minimum atomic E-state index is -4.07. The summed E-state index contributed by atoms with van der Waals surface area (Å²) in [5.74, 6) is 0. The maximum Gasteiger partial charge on any atom is 0.389 e. The van der Waals surface area contributed by atoms with Crippen molar-refractivity contribution in [3.63, 3.8) is 0 Å². The molecule has 1 aliphatic rings. The van der Waals surface area contributed by atoms with Gasteiger partial charge in [0.1, 0.15) is 0 Å². The molecular formula is C10H18F3NO2. The molecule has 1 aliphatic heterocycles. The Balaban J connectivity index is 2.25. The molecule has 1 fully saturated rings. The first-order valence-electron chi connectivity index (χ1n) is 5.46. The molecule has 0 amide bonds. The molecule has 16 heavy (non-hydrogen) atoms. The van der Waals surface area contributed by atoms with E-state index in [0.29, 0.717) is 26.2 Å². The number of hydrogen-bond acceptors (Lipinski definition) is 3. The van der Waals surface area contributed by atoms with E-state index in [-0.39, 0.29) is 18.6 Å². The lowest BCUT2D eigenvalue weighted by Crippen LogP contribution is -2.45. The van der Waals surface area contributed by atoms with Gasteiger partial charge in [0.05, 0.1) is 25.9 Å². The average Bonchev–Trinajstić information content (AvgIpc) is 2.24. The van der Waals surface area contributed by atoms with E-state index in [0.717, 1.165) is 0 Å². The van der Waals surface area contributed by atoms with E-state index in [1.54, 1.807) is 7.05 Å². The Morgan fingerprint density at radius 1 is 1.38 bits per heavy atom. The Bertz CT molecular complexity index is 193. The van der Waals surface area contributed by atoms with E-state index in [4.69, 9.17) is 9.47 Å². The van der Waals surface area contributed by atoms with Crippen molar-refractivity contribution >= 4 is 0 Å². The number of hydrogen-bond donors (Lipinski definition) is 1. The van der Waals surface area contributed by atoms with E-state index in [2.05, 4.69) is 5.32 Å². The number of likely N-dealkylation sites (N-methyl/N-ethyl adjacent to an activating group) is 1. The third kappa shape index (κ3) is 5.14. The summed E-state index contributed by atoms with van der Waals surface area (Å²) in [6, 6.07) is -0.0670. The third-order valence-corrected chi connectivity index (χ3v) is 2.64. The maximum absolute atomic E-state index is 12.0. The zero-order valence-electron chi connectivity index (χ0n) is 9.35. The highest BCUT2D eigenvalue weighted by molar-refractivity contribution is 4.77. The second-order valence-electron chi connectivity index (χ2n) is 3.89. The number of rotatable bonds is 5. The van der Waals surface area contributed by atoms with Crippen molar-refractivity contribution in [2.45, 2.75) is 37.6 Å². The fourth-order valence-electron chi connectivity index (χ4n) is 1.78. The van der Waals surface area contributed by atoms with Crippen LogP contribution in [-0.2, 0) is 9.47 Å². The van der Waals surface area contributed by atoms with Gasteiger partial charge in [0.15, 0.2) is 0 Å². The van der Waals surface area contributed by atoms with Crippen LogP contribution in [0.5, 0.6) is 0 Å². The van der Waals surface area contributed by atoms with Gasteiger partial charge in [-0.05, 0) is 19.9 Å². The molecule has 2 unspecified atom stereocenters. The zero-order valence-corrected chi connectivity index (χ0v) is 9.35. The van der Waals surface area contributed by atoms with E-state index in [1.807, 2.05) is 0 Å². The number of alkyl halides is 3. The molecule has 3 nitrogen and oxygen atoms in total. The largest absolute Gasteiger partial charge is 0.389 e. The summed E-state index contributed by atoms with van der Waals surface area (Å²) in [5.41, 5.74) is 0. The minimum Gasteiger partial charge on any atom is -0.376 e. The fourth-order valence-corrected chi connectivity index (χ4v) is 1.78. The summed E-state index contributed by atoms with van der Waals surface area (Å²) in [6.07, 6.45) is -4.37. The molecule has 0 aromatic carbocycles. The van der Waals surface area contributed by atoms with Gasteiger partial charge in [0.2, 0.25) is 0 Å². The Labute approximate surface area is 93.3 Å². The highest BCUT2D eigenvalue weighted by atomic mass is 19.4. The first kappa shape index (κ1) is 13.7. The third-order valence-electron chi connectivity index (χ3n) is 2.64. The van der Waals surface area contributed by atoms with Crippen molar-refractivity contribution in [1.82, 2.24) is 5.32 Å². The van der Waals surface area contributed by atoms with Crippen LogP contribution in [0.25, 0.3) is 0 Å². The van der Waals surface area contributed by atoms with E-state index < -0.39 is 12.6 Å². The van der Waals surface area contributed by atoms with Crippen molar-refractivity contribution in [3.05, 3.63) is 0 Å². The first-order chi connectivity index (χ1) is 7.53. The lowest BCUT2D eigenvalue weighted by atomic mass is 10.0. The van der Waals surface area contributed by atoms with Gasteiger partial charge in [0, 0.05) is 12.5 Å². The van der Waals surface area contributed by atoms with Crippen LogP contribution in [-0.4, -0.2) is 45.2 Å². The molecule has 0 saturated carbocycles. The van der Waals surface area contributed by atoms with Crippen molar-refractivity contribution in [2.75, 3.05) is 26.9 Å². The molecular weight excluding hydrogens is 223 g/mol. The van der Waals surface area contributed by atoms with Crippen LogP contribution in [0.4, 0.5) is 13.2 Å². The Hall–Kier alpha value is -0.330. The topological polar surface area (TPSA) is 30.5 Å². The lowest BCUT2D eigenvalue weighted by molar-refractivity contribution is -0.137. The molecule has 1 N–H and O–H groups in total. The number of nitrogens with one attached hydrogen (secondary N) is 1. The fraction of sp³-hybridized carbons (Fsp3) is 1.00. The van der Waals surface area contributed by atoms with Crippen molar-refractivity contribution in [3.8, 4) is 0 Å². The monoisotopic (exact) mass is 241 g/mol. The smallest absolute Gasteiger partial charge is 0.376 e. The second-order valence-corrected chi connectivity index (χ2v) is 3.89. The zero-order chi connectivity index (χ0) is 12.0. The maximum atomic E-state index is 12.0. The summed E-state index contributed by atoms with van der Waals surface area (Å²) < 4.78 is 46.6. The van der Waals surface area contributed by atoms with Gasteiger partial charge >= 0.3 is 6.18 Å². The van der Waals surface area contributed by atoms with Crippen LogP contribution >= 0.6 is 0 Å². The molecule has 0 radical (unpaired) electrons. The van der Waals surface area contributed by atoms with E-state index >= 15 is 0 Å². The molecule has 6 heteroatoms. The molecule has 1 rings (SSSR count). The highest BCUT2D eigenvalue weighted by Crippen LogP contribution is 2.23. The second kappa shape index (κ2) is 6.42. The molecule has 0 aromatic heterocycles. The summed E-state index contributed by atoms with van der Waals surface area (Å²) in [5, 5.41) is 2.99. The summed E-state index contributed by atoms with van der Waals surface area (Å²) in [6.45, 7) is 1.54. The van der Waals surface area contributed by atoms with Gasteiger partial charge in [-0.2, -0.15) is 13.2 Å². The van der Waals surface area contributed by atoms with Crippen LogP contribution in [0.3, 0.4) is 0 Å². The number of halogens is 3. The Morgan fingerprint density at radius 2 is 2.12 bits per heavy atom. The van der Waals surface area contributed by atoms with Crippen molar-refractivity contribution in [1.29, 1.82) is 0 Å². The molecule has 2 atom stereocenters. The lowest BCUT2D eigenvalue weighted by Gasteiger charge is -2.30. The quantitative estimate of drug-likeness (QED) is 0.795. The molecule has 1 saturated heterocycles. The average molecular weight is 241 g/mol. The van der Waals surface area contributed by atoms with Gasteiger partial charge in [-0.25, -0.2) is 0 Å². The predicted octanol–water partition coefficient (Wildman–Crippen LogP) is 1.72. The predicted molar refractivity (Wildman–Crippen MR) is 53.3 cm³/mol. The first-order valence-corrected chi connectivity index (χ1v) is 5.46. The normalized spacial score (nSPS) is 24.4. The minimum absolute atomic E-state index is 0.0670. The summed E-state index contributed by atoms with van der Waals surface area (Å²) in [4.78, 5) is 0. The molecule has 0 bridgehead atoms. The highest BCUT2D eigenvalue weighted by Gasteiger charge is 2.29. The van der Waals surface area contributed by atoms with Crippen molar-refractivity contribution in [2.24, 2.45) is 0 Å². The van der Waals surface area contributed by atoms with Crippen LogP contribution in [0.1, 0.15) is 19.3 Å². The standard InChI is InChI=1S/C10H18F3NO2/c1-14-8(3-2-4-10(11,12)13)9-7-15-5-6-16-9/h8-9,14H,2-7H2,1H3.